The van der Waals surface area contributed by atoms with Crippen molar-refractivity contribution in [1.29, 1.82) is 0 Å². The van der Waals surface area contributed by atoms with Crippen molar-refractivity contribution in [3.8, 4) is 5.75 Å². The van der Waals surface area contributed by atoms with Gasteiger partial charge < -0.3 is 4.74 Å². The highest BCUT2D eigenvalue weighted by atomic mass is 16.5. The van der Waals surface area contributed by atoms with Gasteiger partial charge in [-0.15, -0.1) is 0 Å². The monoisotopic (exact) mass is 280 g/mol. The highest BCUT2D eigenvalue weighted by Crippen LogP contribution is 2.24. The van der Waals surface area contributed by atoms with Gasteiger partial charge in [-0.05, 0) is 67.5 Å². The van der Waals surface area contributed by atoms with Crippen LogP contribution in [-0.4, -0.2) is 12.4 Å². The van der Waals surface area contributed by atoms with Crippen LogP contribution in [0.15, 0.2) is 36.4 Å². The molecule has 2 heteroatoms. The predicted molar refractivity (Wildman–Crippen MR) is 84.2 cm³/mol. The summed E-state index contributed by atoms with van der Waals surface area (Å²) < 4.78 is 5.70. The number of hydrogen-bond donors (Lipinski definition) is 0. The second kappa shape index (κ2) is 5.72. The average Bonchev–Trinajstić information content (AvgIpc) is 2.96. The minimum Gasteiger partial charge on any atom is -0.485 e. The molecule has 2 aromatic rings. The Morgan fingerprint density at radius 3 is 2.76 bits per heavy atom. The van der Waals surface area contributed by atoms with E-state index in [1.807, 2.05) is 44.2 Å². The lowest BCUT2D eigenvalue weighted by molar-refractivity contribution is 0.0921. The molecule has 2 aromatic carbocycles. The van der Waals surface area contributed by atoms with Crippen molar-refractivity contribution >= 4 is 5.78 Å². The van der Waals surface area contributed by atoms with Gasteiger partial charge in [0.2, 0.25) is 0 Å². The second-order valence-corrected chi connectivity index (χ2v) is 5.75. The van der Waals surface area contributed by atoms with Crippen molar-refractivity contribution in [2.45, 2.75) is 33.1 Å². The molecular formula is C19H20O2. The molecule has 0 fully saturated rings. The Kier molecular flexibility index (Phi) is 3.78. The molecule has 3 rings (SSSR count). The predicted octanol–water partition coefficient (Wildman–Crippen LogP) is 4.05. The minimum absolute atomic E-state index is 0.0469. The van der Waals surface area contributed by atoms with E-state index in [9.17, 15) is 4.79 Å². The van der Waals surface area contributed by atoms with Gasteiger partial charge in [-0.3, -0.25) is 4.79 Å². The zero-order chi connectivity index (χ0) is 14.8. The van der Waals surface area contributed by atoms with Crippen molar-refractivity contribution in [3.63, 3.8) is 0 Å². The third-order valence-electron chi connectivity index (χ3n) is 4.33. The Balaban J connectivity index is 1.71. The standard InChI is InChI=1S/C19H20O2/c1-13-5-3-8-19(14(13)2)21-12-18(20)17-10-9-15-6-4-7-16(15)11-17/h3,5,8-11H,4,6-7,12H2,1-2H3. The summed E-state index contributed by atoms with van der Waals surface area (Å²) in [7, 11) is 0. The van der Waals surface area contributed by atoms with Crippen LogP contribution < -0.4 is 4.74 Å². The fourth-order valence-corrected chi connectivity index (χ4v) is 2.85. The van der Waals surface area contributed by atoms with Gasteiger partial charge in [0.1, 0.15) is 5.75 Å². The van der Waals surface area contributed by atoms with E-state index in [2.05, 4.69) is 6.07 Å². The fraction of sp³-hybridized carbons (Fsp3) is 0.316. The third-order valence-corrected chi connectivity index (χ3v) is 4.33. The smallest absolute Gasteiger partial charge is 0.200 e. The lowest BCUT2D eigenvalue weighted by Gasteiger charge is -2.10. The molecule has 0 radical (unpaired) electrons. The van der Waals surface area contributed by atoms with Crippen molar-refractivity contribution in [1.82, 2.24) is 0 Å². The van der Waals surface area contributed by atoms with E-state index >= 15 is 0 Å². The minimum atomic E-state index is 0.0469. The summed E-state index contributed by atoms with van der Waals surface area (Å²) in [4.78, 5) is 12.3. The number of carbonyl (C=O) groups excluding carboxylic acids is 1. The zero-order valence-corrected chi connectivity index (χ0v) is 12.6. The number of ether oxygens (including phenoxy) is 1. The molecule has 0 bridgehead atoms. The number of fused-ring (bicyclic) bond motifs is 1. The molecule has 0 amide bonds. The lowest BCUT2D eigenvalue weighted by Crippen LogP contribution is -2.12. The van der Waals surface area contributed by atoms with Crippen LogP contribution in [0.3, 0.4) is 0 Å². The van der Waals surface area contributed by atoms with E-state index in [1.54, 1.807) is 0 Å². The van der Waals surface area contributed by atoms with Gasteiger partial charge in [-0.1, -0.05) is 24.3 Å². The number of hydrogen-bond acceptors (Lipinski definition) is 2. The fourth-order valence-electron chi connectivity index (χ4n) is 2.85. The van der Waals surface area contributed by atoms with Gasteiger partial charge >= 0.3 is 0 Å². The Bertz CT molecular complexity index is 686. The van der Waals surface area contributed by atoms with Crippen LogP contribution in [0.2, 0.25) is 0 Å². The van der Waals surface area contributed by atoms with Crippen molar-refractivity contribution in [2.75, 3.05) is 6.61 Å². The van der Waals surface area contributed by atoms with Crippen LogP contribution in [0.5, 0.6) is 5.75 Å². The first-order valence-electron chi connectivity index (χ1n) is 7.49. The number of aryl methyl sites for hydroxylation is 3. The van der Waals surface area contributed by atoms with E-state index in [0.717, 1.165) is 29.7 Å². The molecule has 108 valence electrons. The topological polar surface area (TPSA) is 26.3 Å². The largest absolute Gasteiger partial charge is 0.485 e. The molecule has 1 aliphatic carbocycles. The SMILES string of the molecule is Cc1cccc(OCC(=O)c2ccc3c(c2)CCC3)c1C. The number of rotatable bonds is 4. The summed E-state index contributed by atoms with van der Waals surface area (Å²) >= 11 is 0. The molecule has 0 N–H and O–H groups in total. The lowest BCUT2D eigenvalue weighted by atomic mass is 10.0. The maximum atomic E-state index is 12.3. The van der Waals surface area contributed by atoms with E-state index in [-0.39, 0.29) is 12.4 Å². The van der Waals surface area contributed by atoms with Crippen LogP contribution in [0.4, 0.5) is 0 Å². The van der Waals surface area contributed by atoms with Crippen LogP contribution in [0.1, 0.15) is 39.0 Å². The molecule has 0 spiro atoms. The van der Waals surface area contributed by atoms with E-state index in [4.69, 9.17) is 4.74 Å². The number of benzene rings is 2. The van der Waals surface area contributed by atoms with Gasteiger partial charge in [0.15, 0.2) is 12.4 Å². The third kappa shape index (κ3) is 2.85. The van der Waals surface area contributed by atoms with Crippen molar-refractivity contribution < 1.29 is 9.53 Å². The molecule has 0 saturated carbocycles. The van der Waals surface area contributed by atoms with Crippen molar-refractivity contribution in [3.05, 3.63) is 64.2 Å². The summed E-state index contributed by atoms with van der Waals surface area (Å²) in [5.74, 6) is 0.843. The molecule has 0 heterocycles. The molecule has 2 nitrogen and oxygen atoms in total. The van der Waals surface area contributed by atoms with Gasteiger partial charge in [-0.25, -0.2) is 0 Å². The number of ketones is 1. The first-order valence-corrected chi connectivity index (χ1v) is 7.49. The van der Waals surface area contributed by atoms with E-state index in [1.165, 1.54) is 23.1 Å². The maximum Gasteiger partial charge on any atom is 0.200 e. The maximum absolute atomic E-state index is 12.3. The summed E-state index contributed by atoms with van der Waals surface area (Å²) in [5, 5.41) is 0. The number of Topliss-reactive ketones (excluding diaryl/α,β-unsaturated/α-hetero) is 1. The molecular weight excluding hydrogens is 260 g/mol. The van der Waals surface area contributed by atoms with Crippen LogP contribution >= 0.6 is 0 Å². The highest BCUT2D eigenvalue weighted by Gasteiger charge is 2.14. The Morgan fingerprint density at radius 2 is 1.90 bits per heavy atom. The van der Waals surface area contributed by atoms with Crippen LogP contribution in [0.25, 0.3) is 0 Å². The van der Waals surface area contributed by atoms with E-state index < -0.39 is 0 Å². The quantitative estimate of drug-likeness (QED) is 0.790. The number of carbonyl (C=O) groups is 1. The summed E-state index contributed by atoms with van der Waals surface area (Å²) in [6.45, 7) is 4.16. The first kappa shape index (κ1) is 13.9. The van der Waals surface area contributed by atoms with Gasteiger partial charge in [0.25, 0.3) is 0 Å². The normalized spacial score (nSPS) is 13.0. The molecule has 0 unspecified atom stereocenters. The van der Waals surface area contributed by atoms with Crippen LogP contribution in [-0.2, 0) is 12.8 Å². The Labute approximate surface area is 125 Å². The first-order chi connectivity index (χ1) is 10.1. The molecule has 0 atom stereocenters. The molecule has 1 aliphatic rings. The van der Waals surface area contributed by atoms with Gasteiger partial charge in [-0.2, -0.15) is 0 Å². The highest BCUT2D eigenvalue weighted by molar-refractivity contribution is 5.97. The van der Waals surface area contributed by atoms with E-state index in [0.29, 0.717) is 0 Å². The Morgan fingerprint density at radius 1 is 1.10 bits per heavy atom. The average molecular weight is 280 g/mol. The zero-order valence-electron chi connectivity index (χ0n) is 12.6. The van der Waals surface area contributed by atoms with Crippen LogP contribution in [0, 0.1) is 13.8 Å². The summed E-state index contributed by atoms with van der Waals surface area (Å²) in [5.41, 5.74) is 5.76. The van der Waals surface area contributed by atoms with Gasteiger partial charge in [0, 0.05) is 5.56 Å². The summed E-state index contributed by atoms with van der Waals surface area (Å²) in [6.07, 6.45) is 3.43. The molecule has 0 saturated heterocycles. The molecule has 21 heavy (non-hydrogen) atoms. The second-order valence-electron chi connectivity index (χ2n) is 5.75. The van der Waals surface area contributed by atoms with Gasteiger partial charge in [0.05, 0.1) is 0 Å². The van der Waals surface area contributed by atoms with Crippen molar-refractivity contribution in [2.24, 2.45) is 0 Å². The molecule has 0 aromatic heterocycles. The Hall–Kier alpha value is -2.09. The molecule has 0 aliphatic heterocycles. The summed E-state index contributed by atoms with van der Waals surface area (Å²) in [6, 6.07) is 12.0.